The summed E-state index contributed by atoms with van der Waals surface area (Å²) in [7, 11) is 0. The monoisotopic (exact) mass is 399 g/mol. The molecule has 140 valence electrons. The second kappa shape index (κ2) is 9.01. The molecule has 0 atom stereocenters. The number of amides is 1. The zero-order valence-electron chi connectivity index (χ0n) is 15.1. The predicted octanol–water partition coefficient (Wildman–Crippen LogP) is 3.40. The number of aryl methyl sites for hydroxylation is 1. The molecule has 0 saturated heterocycles. The molecule has 0 bridgehead atoms. The fourth-order valence-electron chi connectivity index (χ4n) is 2.74. The van der Waals surface area contributed by atoms with Gasteiger partial charge in [0.05, 0.1) is 11.1 Å². The van der Waals surface area contributed by atoms with Gasteiger partial charge in [-0.05, 0) is 35.9 Å². The van der Waals surface area contributed by atoms with Gasteiger partial charge < -0.3 is 5.32 Å². The number of benzene rings is 1. The molecule has 2 aromatic heterocycles. The Kier molecular flexibility index (Phi) is 6.47. The largest absolute Gasteiger partial charge is 0.355 e. The Bertz CT molecular complexity index is 1020. The van der Waals surface area contributed by atoms with Crippen molar-refractivity contribution >= 4 is 39.2 Å². The van der Waals surface area contributed by atoms with Crippen molar-refractivity contribution in [1.29, 1.82) is 0 Å². The third-order valence-corrected chi connectivity index (χ3v) is 5.95. The Hall–Kier alpha value is -2.38. The molecule has 0 saturated carbocycles. The average molecular weight is 400 g/mol. The third kappa shape index (κ3) is 4.67. The van der Waals surface area contributed by atoms with Gasteiger partial charge in [-0.1, -0.05) is 42.1 Å². The molecule has 0 fully saturated rings. The van der Waals surface area contributed by atoms with Crippen molar-refractivity contribution in [2.45, 2.75) is 25.0 Å². The van der Waals surface area contributed by atoms with Crippen molar-refractivity contribution in [3.63, 3.8) is 0 Å². The van der Waals surface area contributed by atoms with E-state index in [0.717, 1.165) is 6.42 Å². The van der Waals surface area contributed by atoms with Crippen LogP contribution in [0, 0.1) is 6.92 Å². The van der Waals surface area contributed by atoms with Crippen molar-refractivity contribution < 1.29 is 4.79 Å². The van der Waals surface area contributed by atoms with E-state index in [1.165, 1.54) is 34.2 Å². The van der Waals surface area contributed by atoms with E-state index in [0.29, 0.717) is 28.5 Å². The van der Waals surface area contributed by atoms with Gasteiger partial charge in [-0.25, -0.2) is 4.98 Å². The smallest absolute Gasteiger partial charge is 0.263 e. The predicted molar refractivity (Wildman–Crippen MR) is 113 cm³/mol. The van der Waals surface area contributed by atoms with Crippen LogP contribution in [0.4, 0.5) is 0 Å². The second-order valence-electron chi connectivity index (χ2n) is 6.05. The van der Waals surface area contributed by atoms with E-state index in [9.17, 15) is 9.59 Å². The third-order valence-electron chi connectivity index (χ3n) is 4.17. The highest BCUT2D eigenvalue weighted by atomic mass is 32.2. The Morgan fingerprint density at radius 1 is 1.37 bits per heavy atom. The SMILES string of the molecule is C=CCn1c(SCC(=O)NCCc2ccccc2C)nc2sccc2c1=O. The van der Waals surface area contributed by atoms with Gasteiger partial charge in [0.2, 0.25) is 5.91 Å². The summed E-state index contributed by atoms with van der Waals surface area (Å²) in [4.78, 5) is 30.0. The van der Waals surface area contributed by atoms with Crippen LogP contribution in [0.5, 0.6) is 0 Å². The molecule has 3 aromatic rings. The van der Waals surface area contributed by atoms with Crippen molar-refractivity contribution in [2.75, 3.05) is 12.3 Å². The van der Waals surface area contributed by atoms with Gasteiger partial charge >= 0.3 is 0 Å². The van der Waals surface area contributed by atoms with Crippen LogP contribution in [0.2, 0.25) is 0 Å². The van der Waals surface area contributed by atoms with Crippen LogP contribution in [-0.2, 0) is 17.8 Å². The van der Waals surface area contributed by atoms with Gasteiger partial charge in [-0.2, -0.15) is 0 Å². The number of thioether (sulfide) groups is 1. The van der Waals surface area contributed by atoms with Gasteiger partial charge in [0, 0.05) is 13.1 Å². The Labute approximate surface area is 166 Å². The highest BCUT2D eigenvalue weighted by molar-refractivity contribution is 7.99. The molecular weight excluding hydrogens is 378 g/mol. The standard InChI is InChI=1S/C20H21N3O2S2/c1-3-11-23-19(25)16-9-12-26-18(16)22-20(23)27-13-17(24)21-10-8-15-7-5-4-6-14(15)2/h3-7,9,12H,1,8,10-11,13H2,2H3,(H,21,24). The van der Waals surface area contributed by atoms with Crippen LogP contribution in [0.25, 0.3) is 10.2 Å². The maximum absolute atomic E-state index is 12.6. The summed E-state index contributed by atoms with van der Waals surface area (Å²) in [5.74, 6) is 0.146. The molecule has 0 aliphatic heterocycles. The fraction of sp³-hybridized carbons (Fsp3) is 0.250. The molecule has 27 heavy (non-hydrogen) atoms. The number of aromatic nitrogens is 2. The Morgan fingerprint density at radius 2 is 2.19 bits per heavy atom. The Balaban J connectivity index is 1.61. The minimum atomic E-state index is -0.0939. The number of allylic oxidation sites excluding steroid dienone is 1. The lowest BCUT2D eigenvalue weighted by molar-refractivity contribution is -0.118. The molecule has 2 heterocycles. The van der Waals surface area contributed by atoms with Crippen LogP contribution in [0.15, 0.2) is 58.3 Å². The Morgan fingerprint density at radius 3 is 2.96 bits per heavy atom. The molecule has 0 spiro atoms. The summed E-state index contributed by atoms with van der Waals surface area (Å²) < 4.78 is 1.56. The summed E-state index contributed by atoms with van der Waals surface area (Å²) in [6.07, 6.45) is 2.46. The van der Waals surface area contributed by atoms with E-state index in [2.05, 4.69) is 35.9 Å². The van der Waals surface area contributed by atoms with E-state index >= 15 is 0 Å². The molecule has 0 unspecified atom stereocenters. The second-order valence-corrected chi connectivity index (χ2v) is 7.89. The number of nitrogens with one attached hydrogen (secondary N) is 1. The van der Waals surface area contributed by atoms with Crippen LogP contribution in [0.1, 0.15) is 11.1 Å². The normalized spacial score (nSPS) is 10.9. The molecular formula is C20H21N3O2S2. The van der Waals surface area contributed by atoms with Gasteiger partial charge in [-0.3, -0.25) is 14.2 Å². The topological polar surface area (TPSA) is 64.0 Å². The summed E-state index contributed by atoms with van der Waals surface area (Å²) in [5, 5.41) is 5.94. The van der Waals surface area contributed by atoms with Crippen LogP contribution >= 0.6 is 23.1 Å². The molecule has 5 nitrogen and oxygen atoms in total. The summed E-state index contributed by atoms with van der Waals surface area (Å²) in [6.45, 7) is 6.73. The van der Waals surface area contributed by atoms with E-state index in [1.54, 1.807) is 16.7 Å². The highest BCUT2D eigenvalue weighted by Crippen LogP contribution is 2.21. The average Bonchev–Trinajstić information content (AvgIpc) is 3.13. The van der Waals surface area contributed by atoms with Crippen molar-refractivity contribution in [1.82, 2.24) is 14.9 Å². The number of thiophene rings is 1. The quantitative estimate of drug-likeness (QED) is 0.358. The minimum Gasteiger partial charge on any atom is -0.355 e. The van der Waals surface area contributed by atoms with Gasteiger partial charge in [0.1, 0.15) is 4.83 Å². The molecule has 0 radical (unpaired) electrons. The molecule has 1 N–H and O–H groups in total. The number of rotatable bonds is 8. The van der Waals surface area contributed by atoms with Crippen molar-refractivity contribution in [2.24, 2.45) is 0 Å². The van der Waals surface area contributed by atoms with E-state index in [1.807, 2.05) is 17.5 Å². The van der Waals surface area contributed by atoms with Crippen LogP contribution in [-0.4, -0.2) is 27.8 Å². The molecule has 0 aliphatic carbocycles. The summed E-state index contributed by atoms with van der Waals surface area (Å²) in [6, 6.07) is 9.93. The zero-order valence-corrected chi connectivity index (χ0v) is 16.7. The summed E-state index contributed by atoms with van der Waals surface area (Å²) >= 11 is 2.70. The minimum absolute atomic E-state index is 0.0701. The molecule has 1 aromatic carbocycles. The number of hydrogen-bond donors (Lipinski definition) is 1. The maximum atomic E-state index is 12.6. The molecule has 0 aliphatic rings. The number of hydrogen-bond acceptors (Lipinski definition) is 5. The lowest BCUT2D eigenvalue weighted by Gasteiger charge is -2.10. The molecule has 1 amide bonds. The lowest BCUT2D eigenvalue weighted by Crippen LogP contribution is -2.28. The molecule has 7 heteroatoms. The number of nitrogens with zero attached hydrogens (tertiary/aromatic N) is 2. The number of fused-ring (bicyclic) bond motifs is 1. The van der Waals surface area contributed by atoms with E-state index in [4.69, 9.17) is 0 Å². The first-order valence-electron chi connectivity index (χ1n) is 8.63. The maximum Gasteiger partial charge on any atom is 0.263 e. The van der Waals surface area contributed by atoms with Crippen molar-refractivity contribution in [3.05, 3.63) is 69.8 Å². The first kappa shape index (κ1) is 19.4. The first-order valence-corrected chi connectivity index (χ1v) is 10.5. The van der Waals surface area contributed by atoms with Gasteiger partial charge in [0.25, 0.3) is 5.56 Å². The van der Waals surface area contributed by atoms with E-state index < -0.39 is 0 Å². The van der Waals surface area contributed by atoms with Gasteiger partial charge in [0.15, 0.2) is 5.16 Å². The highest BCUT2D eigenvalue weighted by Gasteiger charge is 2.13. The molecule has 3 rings (SSSR count). The van der Waals surface area contributed by atoms with E-state index in [-0.39, 0.29) is 17.2 Å². The fourth-order valence-corrected chi connectivity index (χ4v) is 4.38. The van der Waals surface area contributed by atoms with Crippen LogP contribution in [0.3, 0.4) is 0 Å². The van der Waals surface area contributed by atoms with Crippen molar-refractivity contribution in [3.8, 4) is 0 Å². The number of carbonyl (C=O) groups excluding carboxylic acids is 1. The van der Waals surface area contributed by atoms with Gasteiger partial charge in [-0.15, -0.1) is 17.9 Å². The first-order chi connectivity index (χ1) is 13.1. The number of carbonyl (C=O) groups is 1. The van der Waals surface area contributed by atoms with Crippen LogP contribution < -0.4 is 10.9 Å². The lowest BCUT2D eigenvalue weighted by atomic mass is 10.1. The zero-order chi connectivity index (χ0) is 19.2. The summed E-state index contributed by atoms with van der Waals surface area (Å²) in [5.41, 5.74) is 2.36.